The molecule has 0 atom stereocenters. The minimum atomic E-state index is -0.619. The fraction of sp³-hybridized carbons (Fsp3) is 0.318. The number of carbonyl (C=O) groups excluding carboxylic acids is 2. The predicted molar refractivity (Wildman–Crippen MR) is 118 cm³/mol. The van der Waals surface area contributed by atoms with Gasteiger partial charge < -0.3 is 15.8 Å². The van der Waals surface area contributed by atoms with Crippen LogP contribution in [0.15, 0.2) is 24.3 Å². The van der Waals surface area contributed by atoms with Gasteiger partial charge in [-0.1, -0.05) is 32.0 Å². The first kappa shape index (κ1) is 20.8. The van der Waals surface area contributed by atoms with Gasteiger partial charge in [-0.25, -0.2) is 9.78 Å². The number of nitrogens with zero attached hydrogens (tertiary/aromatic N) is 1. The van der Waals surface area contributed by atoms with Gasteiger partial charge in [0.2, 0.25) is 0 Å². The van der Waals surface area contributed by atoms with Crippen molar-refractivity contribution in [1.29, 1.82) is 0 Å². The molecule has 1 aromatic carbocycles. The van der Waals surface area contributed by atoms with Crippen LogP contribution in [-0.2, 0) is 9.53 Å². The van der Waals surface area contributed by atoms with Gasteiger partial charge in [-0.15, -0.1) is 11.3 Å². The molecule has 0 saturated heterocycles. The average Bonchev–Trinajstić information content (AvgIpc) is 2.97. The quantitative estimate of drug-likeness (QED) is 0.592. The number of hydrogen-bond acceptors (Lipinski definition) is 6. The summed E-state index contributed by atoms with van der Waals surface area (Å²) in [6, 6.07) is 7.79. The third kappa shape index (κ3) is 4.24. The Morgan fingerprint density at radius 1 is 1.21 bits per heavy atom. The number of thiophene rings is 1. The molecular weight excluding hydrogens is 386 g/mol. The number of nitrogens with one attached hydrogen (secondary N) is 1. The summed E-state index contributed by atoms with van der Waals surface area (Å²) in [5.41, 5.74) is 11.1. The Labute approximate surface area is 174 Å². The maximum atomic E-state index is 12.5. The number of nitrogens with two attached hydrogens (primary N) is 1. The molecule has 0 unspecified atom stereocenters. The van der Waals surface area contributed by atoms with Crippen molar-refractivity contribution in [2.24, 2.45) is 0 Å². The Bertz CT molecular complexity index is 1100. The van der Waals surface area contributed by atoms with Gasteiger partial charge in [-0.05, 0) is 49.4 Å². The zero-order valence-electron chi connectivity index (χ0n) is 17.3. The maximum absolute atomic E-state index is 12.5. The largest absolute Gasteiger partial charge is 0.451 e. The number of pyridine rings is 1. The number of esters is 1. The van der Waals surface area contributed by atoms with Gasteiger partial charge in [-0.3, -0.25) is 4.79 Å². The number of carbonyl (C=O) groups is 2. The zero-order valence-corrected chi connectivity index (χ0v) is 18.1. The molecule has 0 bridgehead atoms. The predicted octanol–water partition coefficient (Wildman–Crippen LogP) is 4.72. The Morgan fingerprint density at radius 3 is 2.62 bits per heavy atom. The van der Waals surface area contributed by atoms with Crippen LogP contribution in [0.5, 0.6) is 0 Å². The molecule has 3 N–H and O–H groups in total. The van der Waals surface area contributed by atoms with Crippen molar-refractivity contribution in [2.45, 2.75) is 40.5 Å². The summed E-state index contributed by atoms with van der Waals surface area (Å²) < 4.78 is 5.23. The second kappa shape index (κ2) is 8.21. The van der Waals surface area contributed by atoms with Crippen molar-refractivity contribution in [2.75, 3.05) is 17.7 Å². The lowest BCUT2D eigenvalue weighted by Gasteiger charge is -2.16. The molecule has 0 aliphatic heterocycles. The van der Waals surface area contributed by atoms with Gasteiger partial charge in [0.25, 0.3) is 5.91 Å². The van der Waals surface area contributed by atoms with E-state index >= 15 is 0 Å². The molecule has 2 aromatic heterocycles. The van der Waals surface area contributed by atoms with Gasteiger partial charge >= 0.3 is 5.97 Å². The summed E-state index contributed by atoms with van der Waals surface area (Å²) in [6.07, 6.45) is 0. The van der Waals surface area contributed by atoms with E-state index in [1.807, 2.05) is 45.0 Å². The molecular formula is C22H25N3O3S. The van der Waals surface area contributed by atoms with Crippen LogP contribution in [0.25, 0.3) is 10.2 Å². The molecule has 0 saturated carbocycles. The molecule has 3 aromatic rings. The summed E-state index contributed by atoms with van der Waals surface area (Å²) in [5.74, 6) is -0.753. The smallest absolute Gasteiger partial charge is 0.351 e. The van der Waals surface area contributed by atoms with Crippen molar-refractivity contribution in [1.82, 2.24) is 4.98 Å². The van der Waals surface area contributed by atoms with Crippen LogP contribution in [0.2, 0.25) is 0 Å². The van der Waals surface area contributed by atoms with Crippen molar-refractivity contribution < 1.29 is 14.3 Å². The topological polar surface area (TPSA) is 94.3 Å². The molecule has 0 aliphatic rings. The Kier molecular flexibility index (Phi) is 5.88. The Hall–Kier alpha value is -2.93. The van der Waals surface area contributed by atoms with E-state index in [4.69, 9.17) is 10.5 Å². The van der Waals surface area contributed by atoms with Crippen molar-refractivity contribution in [3.05, 3.63) is 51.5 Å². The van der Waals surface area contributed by atoms with Crippen molar-refractivity contribution in [3.8, 4) is 0 Å². The fourth-order valence-corrected chi connectivity index (χ4v) is 4.45. The molecule has 2 heterocycles. The SMILES string of the molecule is Cc1cc(C)c2c(N)c(C(=O)OCC(=O)Nc3c(C)cccc3C(C)C)sc2n1. The molecule has 152 valence electrons. The summed E-state index contributed by atoms with van der Waals surface area (Å²) in [5, 5.41) is 3.63. The van der Waals surface area contributed by atoms with E-state index in [1.165, 1.54) is 11.3 Å². The number of amides is 1. The molecule has 0 aliphatic carbocycles. The minimum Gasteiger partial charge on any atom is -0.451 e. The first-order chi connectivity index (χ1) is 13.7. The van der Waals surface area contributed by atoms with Gasteiger partial charge in [0.1, 0.15) is 9.71 Å². The Balaban J connectivity index is 1.74. The Morgan fingerprint density at radius 2 is 1.93 bits per heavy atom. The number of aryl methyl sites for hydroxylation is 3. The normalized spacial score (nSPS) is 11.1. The number of aromatic nitrogens is 1. The maximum Gasteiger partial charge on any atom is 0.351 e. The fourth-order valence-electron chi connectivity index (χ4n) is 3.34. The molecule has 0 radical (unpaired) electrons. The summed E-state index contributed by atoms with van der Waals surface area (Å²) in [6.45, 7) is 9.49. The number of rotatable bonds is 5. The number of anilines is 2. The molecule has 3 rings (SSSR count). The highest BCUT2D eigenvalue weighted by Gasteiger charge is 2.21. The number of para-hydroxylation sites is 1. The summed E-state index contributed by atoms with van der Waals surface area (Å²) in [7, 11) is 0. The van der Waals surface area contributed by atoms with E-state index < -0.39 is 5.97 Å². The van der Waals surface area contributed by atoms with E-state index in [9.17, 15) is 9.59 Å². The average molecular weight is 412 g/mol. The number of fused-ring (bicyclic) bond motifs is 1. The summed E-state index contributed by atoms with van der Waals surface area (Å²) >= 11 is 1.18. The van der Waals surface area contributed by atoms with Gasteiger partial charge in [0.05, 0.1) is 5.69 Å². The second-order valence-corrected chi connectivity index (χ2v) is 8.42. The van der Waals surface area contributed by atoms with Crippen LogP contribution < -0.4 is 11.1 Å². The number of nitrogen functional groups attached to an aromatic ring is 1. The number of benzene rings is 1. The first-order valence-corrected chi connectivity index (χ1v) is 10.2. The van der Waals surface area contributed by atoms with Gasteiger partial charge in [0.15, 0.2) is 6.61 Å². The van der Waals surface area contributed by atoms with Crippen LogP contribution in [0, 0.1) is 20.8 Å². The van der Waals surface area contributed by atoms with Gasteiger partial charge in [-0.2, -0.15) is 0 Å². The first-order valence-electron chi connectivity index (χ1n) is 9.41. The van der Waals surface area contributed by atoms with Crippen LogP contribution >= 0.6 is 11.3 Å². The van der Waals surface area contributed by atoms with E-state index in [0.717, 1.165) is 33.5 Å². The van der Waals surface area contributed by atoms with Crippen LogP contribution in [-0.4, -0.2) is 23.5 Å². The van der Waals surface area contributed by atoms with Crippen LogP contribution in [0.1, 0.15) is 51.8 Å². The lowest BCUT2D eigenvalue weighted by Crippen LogP contribution is -2.22. The molecule has 7 heteroatoms. The van der Waals surface area contributed by atoms with Crippen molar-refractivity contribution in [3.63, 3.8) is 0 Å². The third-order valence-corrected chi connectivity index (χ3v) is 5.81. The number of ether oxygens (including phenoxy) is 1. The molecule has 6 nitrogen and oxygen atoms in total. The highest BCUT2D eigenvalue weighted by molar-refractivity contribution is 7.21. The summed E-state index contributed by atoms with van der Waals surface area (Å²) in [4.78, 5) is 30.3. The standard InChI is InChI=1S/C22H25N3O3S/c1-11(2)15-8-6-7-12(3)19(15)25-16(26)10-28-22(27)20-18(23)17-13(4)9-14(5)24-21(17)29-20/h6-9,11H,10,23H2,1-5H3,(H,25,26). The van der Waals surface area contributed by atoms with Gasteiger partial charge in [0, 0.05) is 16.8 Å². The van der Waals surface area contributed by atoms with E-state index in [-0.39, 0.29) is 23.3 Å². The lowest BCUT2D eigenvalue weighted by molar-refractivity contribution is -0.119. The third-order valence-electron chi connectivity index (χ3n) is 4.74. The molecule has 0 spiro atoms. The highest BCUT2D eigenvalue weighted by atomic mass is 32.1. The lowest BCUT2D eigenvalue weighted by atomic mass is 9.98. The number of hydrogen-bond donors (Lipinski definition) is 2. The highest BCUT2D eigenvalue weighted by Crippen LogP contribution is 2.35. The monoisotopic (exact) mass is 411 g/mol. The van der Waals surface area contributed by atoms with E-state index in [2.05, 4.69) is 24.1 Å². The zero-order chi connectivity index (χ0) is 21.3. The van der Waals surface area contributed by atoms with E-state index in [0.29, 0.717) is 10.5 Å². The van der Waals surface area contributed by atoms with Crippen molar-refractivity contribution >= 4 is 44.8 Å². The molecule has 29 heavy (non-hydrogen) atoms. The second-order valence-electron chi connectivity index (χ2n) is 7.42. The minimum absolute atomic E-state index is 0.255. The molecule has 0 fully saturated rings. The van der Waals surface area contributed by atoms with Crippen LogP contribution in [0.3, 0.4) is 0 Å². The molecule has 1 amide bonds. The van der Waals surface area contributed by atoms with Crippen LogP contribution in [0.4, 0.5) is 11.4 Å². The van der Waals surface area contributed by atoms with E-state index in [1.54, 1.807) is 0 Å².